The van der Waals surface area contributed by atoms with Crippen molar-refractivity contribution in [1.29, 1.82) is 0 Å². The van der Waals surface area contributed by atoms with Crippen molar-refractivity contribution < 1.29 is 8.39 Å². The first-order chi connectivity index (χ1) is 15.4. The van der Waals surface area contributed by atoms with Gasteiger partial charge in [0.15, 0.2) is 16.7 Å². The van der Waals surface area contributed by atoms with Crippen molar-refractivity contribution in [2.24, 2.45) is 0 Å². The monoisotopic (exact) mass is 452 g/mol. The van der Waals surface area contributed by atoms with Crippen LogP contribution in [-0.2, 0) is 28.2 Å². The average molecular weight is 453 g/mol. The van der Waals surface area contributed by atoms with Gasteiger partial charge >= 0.3 is 5.69 Å². The second kappa shape index (κ2) is 9.01. The van der Waals surface area contributed by atoms with Crippen molar-refractivity contribution >= 4 is 22.7 Å². The minimum atomic E-state index is -1.43. The first-order valence-corrected chi connectivity index (χ1v) is 11.7. The molecule has 2 N–H and O–H groups in total. The minimum absolute atomic E-state index is 0.0420. The van der Waals surface area contributed by atoms with Gasteiger partial charge in [0.2, 0.25) is 5.95 Å². The van der Waals surface area contributed by atoms with E-state index in [4.69, 9.17) is 9.92 Å². The predicted octanol–water partition coefficient (Wildman–Crippen LogP) is 2.38. The number of aromatic nitrogens is 5. The van der Waals surface area contributed by atoms with Gasteiger partial charge in [-0.15, -0.1) is 5.10 Å². The molecular weight excluding hydrogens is 428 g/mol. The summed E-state index contributed by atoms with van der Waals surface area (Å²) in [6.07, 6.45) is 2.19. The lowest BCUT2D eigenvalue weighted by Crippen LogP contribution is -2.25. The second-order valence-corrected chi connectivity index (χ2v) is 8.33. The topological polar surface area (TPSA) is 117 Å². The molecule has 0 fully saturated rings. The zero-order valence-electron chi connectivity index (χ0n) is 18.1. The largest absolute Gasteiger partial charge is 0.369 e. The second-order valence-electron chi connectivity index (χ2n) is 7.29. The molecule has 1 unspecified atom stereocenters. The third kappa shape index (κ3) is 4.19. The fraction of sp³-hybridized carbons (Fsp3) is 0.273. The number of aryl methyl sites for hydroxylation is 2. The molecule has 0 spiro atoms. The van der Waals surface area contributed by atoms with E-state index in [0.717, 1.165) is 28.9 Å². The van der Waals surface area contributed by atoms with Gasteiger partial charge in [0.25, 0.3) is 0 Å². The van der Waals surface area contributed by atoms with Gasteiger partial charge in [-0.1, -0.05) is 37.3 Å². The van der Waals surface area contributed by atoms with E-state index in [-0.39, 0.29) is 19.1 Å². The summed E-state index contributed by atoms with van der Waals surface area (Å²) in [5.74, 6) is 0.0420. The first kappa shape index (κ1) is 21.8. The molecule has 0 aliphatic rings. The minimum Gasteiger partial charge on any atom is -0.369 e. The van der Waals surface area contributed by atoms with Crippen molar-refractivity contribution in [1.82, 2.24) is 24.1 Å². The molecule has 1 atom stereocenters. The van der Waals surface area contributed by atoms with Crippen LogP contribution < -0.4 is 11.4 Å². The number of fused-ring (bicyclic) bond motifs is 1. The van der Waals surface area contributed by atoms with Crippen LogP contribution in [0, 0.1) is 6.92 Å². The van der Waals surface area contributed by atoms with Crippen molar-refractivity contribution in [3.8, 4) is 22.4 Å². The molecule has 3 heterocycles. The number of anilines is 1. The molecule has 10 heteroatoms. The summed E-state index contributed by atoms with van der Waals surface area (Å²) >= 11 is -1.43. The average Bonchev–Trinajstić information content (AvgIpc) is 3.10. The highest BCUT2D eigenvalue weighted by Gasteiger charge is 2.22. The molecule has 0 radical (unpaired) electrons. The normalized spacial score (nSPS) is 12.3. The Morgan fingerprint density at radius 1 is 1.12 bits per heavy atom. The zero-order valence-corrected chi connectivity index (χ0v) is 18.9. The smallest absolute Gasteiger partial charge is 0.353 e. The number of benzene rings is 1. The highest BCUT2D eigenvalue weighted by Crippen LogP contribution is 2.34. The third-order valence-corrected chi connectivity index (χ3v) is 5.51. The number of nitrogen functional groups attached to an aromatic ring is 1. The molecule has 3 aromatic heterocycles. The number of nitrogens with two attached hydrogens (primary N) is 1. The summed E-state index contributed by atoms with van der Waals surface area (Å²) < 4.78 is 18.9. The van der Waals surface area contributed by atoms with Crippen LogP contribution in [0.3, 0.4) is 0 Å². The van der Waals surface area contributed by atoms with E-state index >= 15 is 0 Å². The van der Waals surface area contributed by atoms with Gasteiger partial charge in [0.1, 0.15) is 0 Å². The van der Waals surface area contributed by atoms with Crippen LogP contribution in [0.1, 0.15) is 18.3 Å². The molecule has 0 amide bonds. The van der Waals surface area contributed by atoms with E-state index in [1.807, 2.05) is 56.3 Å². The lowest BCUT2D eigenvalue weighted by Gasteiger charge is -2.13. The van der Waals surface area contributed by atoms with Crippen molar-refractivity contribution in [3.05, 3.63) is 64.3 Å². The fourth-order valence-electron chi connectivity index (χ4n) is 3.62. The predicted molar refractivity (Wildman–Crippen MR) is 124 cm³/mol. The summed E-state index contributed by atoms with van der Waals surface area (Å²) in [5, 5.41) is 4.57. The van der Waals surface area contributed by atoms with Gasteiger partial charge in [0.05, 0.1) is 24.4 Å². The lowest BCUT2D eigenvalue weighted by atomic mass is 9.99. The van der Waals surface area contributed by atoms with E-state index in [2.05, 4.69) is 15.1 Å². The molecule has 166 valence electrons. The molecule has 1 aromatic carbocycles. The first-order valence-electron chi connectivity index (χ1n) is 10.2. The summed E-state index contributed by atoms with van der Waals surface area (Å²) in [5.41, 5.74) is 11.0. The van der Waals surface area contributed by atoms with Gasteiger partial charge in [-0.05, 0) is 31.0 Å². The Hall–Kier alpha value is -3.37. The van der Waals surface area contributed by atoms with Gasteiger partial charge in [-0.2, -0.15) is 0 Å². The molecule has 4 rings (SSSR count). The van der Waals surface area contributed by atoms with Crippen LogP contribution in [0.4, 0.5) is 5.95 Å². The highest BCUT2D eigenvalue weighted by atomic mass is 32.2. The summed E-state index contributed by atoms with van der Waals surface area (Å²) in [4.78, 5) is 22.2. The van der Waals surface area contributed by atoms with Crippen LogP contribution in [0.2, 0.25) is 0 Å². The summed E-state index contributed by atoms with van der Waals surface area (Å²) in [7, 11) is 0. The molecule has 32 heavy (non-hydrogen) atoms. The Bertz CT molecular complexity index is 1360. The quantitative estimate of drug-likeness (QED) is 0.457. The maximum Gasteiger partial charge on any atom is 0.353 e. The van der Waals surface area contributed by atoms with Crippen LogP contribution >= 0.6 is 0 Å². The number of hydrogen-bond acceptors (Lipinski definition) is 7. The number of hydrogen-bond donors (Lipinski definition) is 1. The fourth-order valence-corrected chi connectivity index (χ4v) is 3.93. The molecule has 9 nitrogen and oxygen atoms in total. The maximum absolute atomic E-state index is 13.0. The van der Waals surface area contributed by atoms with E-state index in [9.17, 15) is 9.00 Å². The maximum atomic E-state index is 13.0. The van der Waals surface area contributed by atoms with Gasteiger partial charge in [0, 0.05) is 23.2 Å². The Morgan fingerprint density at radius 2 is 1.88 bits per heavy atom. The number of rotatable bonds is 7. The Morgan fingerprint density at radius 3 is 2.56 bits per heavy atom. The molecule has 0 aliphatic heterocycles. The van der Waals surface area contributed by atoms with Crippen molar-refractivity contribution in [3.63, 3.8) is 0 Å². The van der Waals surface area contributed by atoms with E-state index < -0.39 is 16.8 Å². The van der Waals surface area contributed by atoms with Gasteiger partial charge in [-0.3, -0.25) is 9.17 Å². The van der Waals surface area contributed by atoms with Gasteiger partial charge in [-0.25, -0.2) is 23.1 Å². The summed E-state index contributed by atoms with van der Waals surface area (Å²) in [6, 6.07) is 13.6. The van der Waals surface area contributed by atoms with Crippen LogP contribution in [0.15, 0.2) is 47.3 Å². The number of nitrogens with zero attached hydrogens (tertiary/aromatic N) is 5. The van der Waals surface area contributed by atoms with E-state index in [1.54, 1.807) is 0 Å². The van der Waals surface area contributed by atoms with E-state index in [0.29, 0.717) is 16.9 Å². The third-order valence-electron chi connectivity index (χ3n) is 5.01. The molecule has 0 saturated heterocycles. The summed E-state index contributed by atoms with van der Waals surface area (Å²) in [6.45, 7) is 4.18. The highest BCUT2D eigenvalue weighted by molar-refractivity contribution is 7.79. The number of pyridine rings is 1. The zero-order chi connectivity index (χ0) is 22.8. The van der Waals surface area contributed by atoms with Crippen molar-refractivity contribution in [2.45, 2.75) is 26.8 Å². The molecule has 0 bridgehead atoms. The lowest BCUT2D eigenvalue weighted by molar-refractivity contribution is 0.317. The molecule has 0 aliphatic carbocycles. The van der Waals surface area contributed by atoms with Crippen LogP contribution in [0.25, 0.3) is 28.0 Å². The molecule has 0 saturated carbocycles. The Kier molecular flexibility index (Phi) is 6.15. The molecule has 4 aromatic rings. The Balaban J connectivity index is 2.01. The van der Waals surface area contributed by atoms with Crippen LogP contribution in [-0.4, -0.2) is 41.2 Å². The van der Waals surface area contributed by atoms with Crippen LogP contribution in [0.5, 0.6) is 0 Å². The standard InChI is InChI=1S/C22H24N6O3S/c1-4-17-13-16(12-14(2)24-17)18-19(15-8-6-5-7-9-15)25-21(23)28-20(18)26-27(22(28)29)10-11-31-32(3)30/h5-9,12-13H,4,10-11H2,1-3H3,(H2,23,25). The SMILES string of the molecule is CCc1cc(-c2c(-c3ccccc3)nc(N)n3c(=O)n(CCOS(C)=O)nc23)cc(C)n1. The van der Waals surface area contributed by atoms with Crippen molar-refractivity contribution in [2.75, 3.05) is 18.6 Å². The Labute approximate surface area is 187 Å². The molecular formula is C22H24N6O3S. The van der Waals surface area contributed by atoms with Gasteiger partial charge < -0.3 is 5.73 Å². The van der Waals surface area contributed by atoms with E-state index in [1.165, 1.54) is 15.3 Å².